The van der Waals surface area contributed by atoms with Gasteiger partial charge in [0.2, 0.25) is 11.8 Å². The molecular formula is C12H12N4O2. The Hall–Kier alpha value is -2.76. The Morgan fingerprint density at radius 3 is 1.78 bits per heavy atom. The van der Waals surface area contributed by atoms with E-state index in [4.69, 9.17) is 11.5 Å². The molecule has 0 atom stereocenters. The summed E-state index contributed by atoms with van der Waals surface area (Å²) < 4.78 is 0. The van der Waals surface area contributed by atoms with E-state index < -0.39 is 11.8 Å². The zero-order valence-corrected chi connectivity index (χ0v) is 9.48. The second-order valence-electron chi connectivity index (χ2n) is 3.21. The molecule has 0 aliphatic rings. The van der Waals surface area contributed by atoms with E-state index in [2.05, 4.69) is 9.97 Å². The number of carbonyl (C=O) groups excluding carboxylic acids is 2. The molecule has 2 heterocycles. The Labute approximate surface area is 104 Å². The van der Waals surface area contributed by atoms with E-state index in [0.717, 1.165) is 0 Å². The number of nitrogens with two attached hydrogens (primary N) is 2. The van der Waals surface area contributed by atoms with Crippen molar-refractivity contribution >= 4 is 11.8 Å². The molecule has 0 saturated heterocycles. The first-order valence-electron chi connectivity index (χ1n) is 5.01. The number of pyridine rings is 2. The molecule has 6 nitrogen and oxygen atoms in total. The van der Waals surface area contributed by atoms with Crippen molar-refractivity contribution in [2.24, 2.45) is 11.5 Å². The summed E-state index contributed by atoms with van der Waals surface area (Å²) >= 11 is 0. The number of rotatable bonds is 2. The van der Waals surface area contributed by atoms with Gasteiger partial charge in [-0.15, -0.1) is 0 Å². The monoisotopic (exact) mass is 244 g/mol. The minimum absolute atomic E-state index is 0.419. The Kier molecular flexibility index (Phi) is 4.98. The third-order valence-corrected chi connectivity index (χ3v) is 1.91. The lowest BCUT2D eigenvalue weighted by Crippen LogP contribution is -2.10. The maximum atomic E-state index is 10.4. The van der Waals surface area contributed by atoms with Gasteiger partial charge < -0.3 is 11.5 Å². The number of hydrogen-bond acceptors (Lipinski definition) is 4. The standard InChI is InChI=1S/2C6H6N2O/c7-6(9)5-1-3-8-4-2-5;7-6(9)5-2-1-3-8-4-5/h2*1-4H,(H2,7,9). The van der Waals surface area contributed by atoms with Crippen LogP contribution in [-0.4, -0.2) is 21.8 Å². The molecule has 0 fully saturated rings. The van der Waals surface area contributed by atoms with Gasteiger partial charge in [-0.3, -0.25) is 19.6 Å². The fourth-order valence-electron chi connectivity index (χ4n) is 1.02. The van der Waals surface area contributed by atoms with Crippen molar-refractivity contribution in [1.82, 2.24) is 9.97 Å². The number of amides is 2. The number of hydrogen-bond donors (Lipinski definition) is 2. The number of aromatic nitrogens is 2. The molecule has 4 N–H and O–H groups in total. The molecule has 92 valence electrons. The van der Waals surface area contributed by atoms with Gasteiger partial charge in [0.25, 0.3) is 0 Å². The molecule has 0 aliphatic heterocycles. The number of carbonyl (C=O) groups is 2. The van der Waals surface area contributed by atoms with Crippen LogP contribution in [0.2, 0.25) is 0 Å². The highest BCUT2D eigenvalue weighted by molar-refractivity contribution is 5.92. The summed E-state index contributed by atoms with van der Waals surface area (Å²) in [5.41, 5.74) is 10.8. The van der Waals surface area contributed by atoms with Crippen LogP contribution in [0.4, 0.5) is 0 Å². The Bertz CT molecular complexity index is 465. The molecule has 18 heavy (non-hydrogen) atoms. The van der Waals surface area contributed by atoms with E-state index in [9.17, 15) is 9.59 Å². The molecular weight excluding hydrogens is 232 g/mol. The molecule has 2 aromatic rings. The number of primary amides is 2. The summed E-state index contributed by atoms with van der Waals surface area (Å²) in [6.07, 6.45) is 6.08. The normalized spacial score (nSPS) is 8.89. The Balaban J connectivity index is 0.000000180. The topological polar surface area (TPSA) is 112 Å². The molecule has 2 amide bonds. The highest BCUT2D eigenvalue weighted by Crippen LogP contribution is 1.92. The highest BCUT2D eigenvalue weighted by Gasteiger charge is 1.95. The van der Waals surface area contributed by atoms with Gasteiger partial charge in [-0.1, -0.05) is 0 Å². The summed E-state index contributed by atoms with van der Waals surface area (Å²) in [4.78, 5) is 28.2. The van der Waals surface area contributed by atoms with Crippen molar-refractivity contribution in [3.8, 4) is 0 Å². The van der Waals surface area contributed by atoms with E-state index in [-0.39, 0.29) is 0 Å². The molecule has 6 heteroatoms. The highest BCUT2D eigenvalue weighted by atomic mass is 16.1. The fourth-order valence-corrected chi connectivity index (χ4v) is 1.02. The van der Waals surface area contributed by atoms with Crippen LogP contribution < -0.4 is 11.5 Å². The maximum Gasteiger partial charge on any atom is 0.250 e. The van der Waals surface area contributed by atoms with Crippen LogP contribution in [0.1, 0.15) is 20.7 Å². The molecule has 0 unspecified atom stereocenters. The fraction of sp³-hybridized carbons (Fsp3) is 0. The van der Waals surface area contributed by atoms with Gasteiger partial charge >= 0.3 is 0 Å². The van der Waals surface area contributed by atoms with Gasteiger partial charge in [0.05, 0.1) is 5.56 Å². The SMILES string of the molecule is NC(=O)c1cccnc1.NC(=O)c1ccncc1. The summed E-state index contributed by atoms with van der Waals surface area (Å²) in [7, 11) is 0. The van der Waals surface area contributed by atoms with E-state index in [1.165, 1.54) is 18.6 Å². The first kappa shape index (κ1) is 13.3. The molecule has 0 spiro atoms. The summed E-state index contributed by atoms with van der Waals surface area (Å²) in [5.74, 6) is -0.861. The van der Waals surface area contributed by atoms with Crippen molar-refractivity contribution in [1.29, 1.82) is 0 Å². The lowest BCUT2D eigenvalue weighted by molar-refractivity contribution is 0.0991. The number of nitrogens with zero attached hydrogens (tertiary/aromatic N) is 2. The van der Waals surface area contributed by atoms with Crippen molar-refractivity contribution in [2.75, 3.05) is 0 Å². The van der Waals surface area contributed by atoms with Crippen LogP contribution in [-0.2, 0) is 0 Å². The molecule has 2 rings (SSSR count). The zero-order chi connectivity index (χ0) is 13.4. The van der Waals surface area contributed by atoms with Crippen LogP contribution in [0.15, 0.2) is 49.1 Å². The average molecular weight is 244 g/mol. The van der Waals surface area contributed by atoms with Crippen LogP contribution in [0.5, 0.6) is 0 Å². The average Bonchev–Trinajstić information content (AvgIpc) is 2.41. The Morgan fingerprint density at radius 2 is 1.44 bits per heavy atom. The zero-order valence-electron chi connectivity index (χ0n) is 9.48. The van der Waals surface area contributed by atoms with Gasteiger partial charge in [0, 0.05) is 30.4 Å². The quantitative estimate of drug-likeness (QED) is 0.794. The second-order valence-corrected chi connectivity index (χ2v) is 3.21. The van der Waals surface area contributed by atoms with Crippen molar-refractivity contribution in [2.45, 2.75) is 0 Å². The van der Waals surface area contributed by atoms with Gasteiger partial charge in [0.15, 0.2) is 0 Å². The third kappa shape index (κ3) is 4.40. The maximum absolute atomic E-state index is 10.4. The van der Waals surface area contributed by atoms with Gasteiger partial charge in [0.1, 0.15) is 0 Å². The molecule has 0 saturated carbocycles. The van der Waals surface area contributed by atoms with Crippen LogP contribution in [0.3, 0.4) is 0 Å². The lowest BCUT2D eigenvalue weighted by atomic mass is 10.3. The van der Waals surface area contributed by atoms with E-state index in [1.54, 1.807) is 30.5 Å². The summed E-state index contributed by atoms with van der Waals surface area (Å²) in [6.45, 7) is 0. The molecule has 2 aromatic heterocycles. The smallest absolute Gasteiger partial charge is 0.250 e. The van der Waals surface area contributed by atoms with E-state index in [0.29, 0.717) is 11.1 Å². The third-order valence-electron chi connectivity index (χ3n) is 1.91. The van der Waals surface area contributed by atoms with Crippen molar-refractivity contribution < 1.29 is 9.59 Å². The van der Waals surface area contributed by atoms with Crippen LogP contribution in [0, 0.1) is 0 Å². The molecule has 0 aliphatic carbocycles. The van der Waals surface area contributed by atoms with E-state index in [1.807, 2.05) is 0 Å². The van der Waals surface area contributed by atoms with Crippen LogP contribution >= 0.6 is 0 Å². The van der Waals surface area contributed by atoms with E-state index >= 15 is 0 Å². The van der Waals surface area contributed by atoms with Crippen molar-refractivity contribution in [3.63, 3.8) is 0 Å². The molecule has 0 radical (unpaired) electrons. The molecule has 0 aromatic carbocycles. The summed E-state index contributed by atoms with van der Waals surface area (Å²) in [6, 6.07) is 6.43. The van der Waals surface area contributed by atoms with Crippen molar-refractivity contribution in [3.05, 3.63) is 60.2 Å². The van der Waals surface area contributed by atoms with Gasteiger partial charge in [-0.25, -0.2) is 0 Å². The summed E-state index contributed by atoms with van der Waals surface area (Å²) in [5, 5.41) is 0. The second kappa shape index (κ2) is 6.74. The largest absolute Gasteiger partial charge is 0.366 e. The minimum Gasteiger partial charge on any atom is -0.366 e. The van der Waals surface area contributed by atoms with Crippen LogP contribution in [0.25, 0.3) is 0 Å². The predicted molar refractivity (Wildman–Crippen MR) is 65.5 cm³/mol. The lowest BCUT2D eigenvalue weighted by Gasteiger charge is -1.88. The van der Waals surface area contributed by atoms with Gasteiger partial charge in [-0.05, 0) is 24.3 Å². The first-order chi connectivity index (χ1) is 8.61. The minimum atomic E-state index is -0.442. The molecule has 0 bridgehead atoms. The first-order valence-corrected chi connectivity index (χ1v) is 5.01. The Morgan fingerprint density at radius 1 is 0.833 bits per heavy atom. The van der Waals surface area contributed by atoms with Gasteiger partial charge in [-0.2, -0.15) is 0 Å². The predicted octanol–water partition coefficient (Wildman–Crippen LogP) is 0.361.